The molecule has 0 bridgehead atoms. The molecule has 0 unspecified atom stereocenters. The van der Waals surface area contributed by atoms with Gasteiger partial charge in [-0.1, -0.05) is 18.7 Å². The van der Waals surface area contributed by atoms with E-state index in [0.29, 0.717) is 0 Å². The molecule has 0 fully saturated rings. The van der Waals surface area contributed by atoms with Crippen LogP contribution in [0.1, 0.15) is 11.8 Å². The first kappa shape index (κ1) is 12.5. The molecule has 17 heavy (non-hydrogen) atoms. The molecule has 0 aliphatic rings. The highest BCUT2D eigenvalue weighted by Gasteiger charge is 2.07. The highest BCUT2D eigenvalue weighted by molar-refractivity contribution is 7.98. The average Bonchev–Trinajstić information content (AvgIpc) is 2.97. The molecule has 2 heterocycles. The monoisotopic (exact) mass is 270 g/mol. The first-order chi connectivity index (χ1) is 8.40. The summed E-state index contributed by atoms with van der Waals surface area (Å²) in [6.07, 6.45) is 1.88. The third kappa shape index (κ3) is 3.76. The van der Waals surface area contributed by atoms with Gasteiger partial charge in [-0.25, -0.2) is 4.68 Å². The van der Waals surface area contributed by atoms with Crippen LogP contribution in [0, 0.1) is 0 Å². The van der Waals surface area contributed by atoms with E-state index in [0.717, 1.165) is 30.5 Å². The molecule has 0 saturated carbocycles. The standard InChI is InChI=1S/C9H14N6S2/c1-2-10-3-4-15-9(12-13-14-15)16-6-8-5-11-7-17-8/h5,7,10H,2-4,6H2,1H3. The molecular weight excluding hydrogens is 256 g/mol. The Bertz CT molecular complexity index is 426. The Morgan fingerprint density at radius 1 is 1.53 bits per heavy atom. The molecular formula is C9H14N6S2. The summed E-state index contributed by atoms with van der Waals surface area (Å²) in [5, 5.41) is 15.8. The maximum Gasteiger partial charge on any atom is 0.209 e. The van der Waals surface area contributed by atoms with E-state index in [1.165, 1.54) is 4.88 Å². The zero-order valence-corrected chi connectivity index (χ0v) is 11.2. The molecule has 0 radical (unpaired) electrons. The van der Waals surface area contributed by atoms with Crippen molar-refractivity contribution in [3.63, 3.8) is 0 Å². The maximum absolute atomic E-state index is 4.04. The number of tetrazole rings is 1. The molecule has 2 aromatic rings. The number of hydrogen-bond donors (Lipinski definition) is 1. The summed E-state index contributed by atoms with van der Waals surface area (Å²) in [7, 11) is 0. The fourth-order valence-corrected chi connectivity index (χ4v) is 2.80. The predicted octanol–water partition coefficient (Wildman–Crippen LogP) is 1.03. The Balaban J connectivity index is 1.85. The lowest BCUT2D eigenvalue weighted by Crippen LogP contribution is -2.20. The molecule has 8 heteroatoms. The van der Waals surface area contributed by atoms with Gasteiger partial charge >= 0.3 is 0 Å². The number of aromatic nitrogens is 5. The highest BCUT2D eigenvalue weighted by Crippen LogP contribution is 2.21. The van der Waals surface area contributed by atoms with Crippen molar-refractivity contribution in [2.75, 3.05) is 13.1 Å². The molecule has 0 aromatic carbocycles. The zero-order chi connectivity index (χ0) is 11.9. The van der Waals surface area contributed by atoms with Crippen molar-refractivity contribution < 1.29 is 0 Å². The normalized spacial score (nSPS) is 10.9. The molecule has 2 aromatic heterocycles. The minimum atomic E-state index is 0.797. The van der Waals surface area contributed by atoms with Gasteiger partial charge in [0.1, 0.15) is 0 Å². The summed E-state index contributed by atoms with van der Waals surface area (Å²) >= 11 is 3.29. The lowest BCUT2D eigenvalue weighted by molar-refractivity contribution is 0.517. The number of nitrogens with one attached hydrogen (secondary N) is 1. The average molecular weight is 270 g/mol. The van der Waals surface area contributed by atoms with Crippen LogP contribution in [-0.4, -0.2) is 38.3 Å². The van der Waals surface area contributed by atoms with Gasteiger partial charge < -0.3 is 5.32 Å². The van der Waals surface area contributed by atoms with Crippen molar-refractivity contribution in [1.82, 2.24) is 30.5 Å². The molecule has 0 amide bonds. The number of likely N-dealkylation sites (N-methyl/N-ethyl adjacent to an activating group) is 1. The fraction of sp³-hybridized carbons (Fsp3) is 0.556. The molecule has 92 valence electrons. The number of rotatable bonds is 7. The van der Waals surface area contributed by atoms with E-state index in [2.05, 4.69) is 32.7 Å². The second kappa shape index (κ2) is 6.67. The summed E-state index contributed by atoms with van der Waals surface area (Å²) in [6, 6.07) is 0. The lowest BCUT2D eigenvalue weighted by Gasteiger charge is -2.03. The molecule has 2 rings (SSSR count). The minimum Gasteiger partial charge on any atom is -0.315 e. The van der Waals surface area contributed by atoms with Crippen molar-refractivity contribution in [1.29, 1.82) is 0 Å². The van der Waals surface area contributed by atoms with Crippen molar-refractivity contribution in [2.45, 2.75) is 24.4 Å². The molecule has 0 saturated heterocycles. The van der Waals surface area contributed by atoms with Gasteiger partial charge in [0.15, 0.2) is 0 Å². The minimum absolute atomic E-state index is 0.797. The third-order valence-corrected chi connectivity index (χ3v) is 4.04. The van der Waals surface area contributed by atoms with Crippen LogP contribution in [0.4, 0.5) is 0 Å². The van der Waals surface area contributed by atoms with E-state index >= 15 is 0 Å². The Morgan fingerprint density at radius 3 is 3.24 bits per heavy atom. The smallest absolute Gasteiger partial charge is 0.209 e. The van der Waals surface area contributed by atoms with Crippen LogP contribution in [0.15, 0.2) is 16.9 Å². The van der Waals surface area contributed by atoms with E-state index in [4.69, 9.17) is 0 Å². The molecule has 0 atom stereocenters. The van der Waals surface area contributed by atoms with Crippen LogP contribution in [0.3, 0.4) is 0 Å². The second-order valence-electron chi connectivity index (χ2n) is 3.29. The quantitative estimate of drug-likeness (QED) is 0.599. The van der Waals surface area contributed by atoms with E-state index < -0.39 is 0 Å². The van der Waals surface area contributed by atoms with Gasteiger partial charge in [0, 0.05) is 23.4 Å². The van der Waals surface area contributed by atoms with E-state index in [-0.39, 0.29) is 0 Å². The van der Waals surface area contributed by atoms with E-state index in [1.54, 1.807) is 23.1 Å². The van der Waals surface area contributed by atoms with Crippen LogP contribution in [0.2, 0.25) is 0 Å². The molecule has 6 nitrogen and oxygen atoms in total. The van der Waals surface area contributed by atoms with Gasteiger partial charge in [-0.05, 0) is 17.0 Å². The van der Waals surface area contributed by atoms with Crippen LogP contribution < -0.4 is 5.32 Å². The Morgan fingerprint density at radius 2 is 2.47 bits per heavy atom. The van der Waals surface area contributed by atoms with Gasteiger partial charge in [-0.2, -0.15) is 0 Å². The van der Waals surface area contributed by atoms with Crippen molar-refractivity contribution in [3.8, 4) is 0 Å². The summed E-state index contributed by atoms with van der Waals surface area (Å²) in [5.41, 5.74) is 1.84. The highest BCUT2D eigenvalue weighted by atomic mass is 32.2. The first-order valence-corrected chi connectivity index (χ1v) is 7.23. The van der Waals surface area contributed by atoms with Crippen molar-refractivity contribution in [3.05, 3.63) is 16.6 Å². The number of thioether (sulfide) groups is 1. The van der Waals surface area contributed by atoms with Gasteiger partial charge in [-0.3, -0.25) is 4.98 Å². The van der Waals surface area contributed by atoms with Gasteiger partial charge in [0.25, 0.3) is 0 Å². The number of nitrogens with zero attached hydrogens (tertiary/aromatic N) is 5. The van der Waals surface area contributed by atoms with Gasteiger partial charge in [0.05, 0.1) is 12.1 Å². The number of hydrogen-bond acceptors (Lipinski definition) is 7. The molecule has 0 aliphatic carbocycles. The summed E-state index contributed by atoms with van der Waals surface area (Å²) in [6.45, 7) is 4.73. The molecule has 0 aliphatic heterocycles. The number of thiazole rings is 1. The van der Waals surface area contributed by atoms with Crippen LogP contribution >= 0.6 is 23.1 Å². The topological polar surface area (TPSA) is 68.5 Å². The summed E-state index contributed by atoms with van der Waals surface area (Å²) in [5.74, 6) is 0.867. The molecule has 0 spiro atoms. The first-order valence-electron chi connectivity index (χ1n) is 5.37. The van der Waals surface area contributed by atoms with E-state index in [1.807, 2.05) is 16.4 Å². The van der Waals surface area contributed by atoms with E-state index in [9.17, 15) is 0 Å². The maximum atomic E-state index is 4.04. The van der Waals surface area contributed by atoms with Crippen molar-refractivity contribution in [2.24, 2.45) is 0 Å². The third-order valence-electron chi connectivity index (χ3n) is 2.08. The van der Waals surface area contributed by atoms with Crippen LogP contribution in [-0.2, 0) is 12.3 Å². The Labute approximate surface area is 108 Å². The van der Waals surface area contributed by atoms with Gasteiger partial charge in [0.2, 0.25) is 5.16 Å². The second-order valence-corrected chi connectivity index (χ2v) is 5.21. The zero-order valence-electron chi connectivity index (χ0n) is 9.54. The largest absolute Gasteiger partial charge is 0.315 e. The summed E-state index contributed by atoms with van der Waals surface area (Å²) < 4.78 is 1.83. The Hall–Kier alpha value is -0.990. The predicted molar refractivity (Wildman–Crippen MR) is 68.0 cm³/mol. The SMILES string of the molecule is CCNCCn1nnnc1SCc1cncs1. The lowest BCUT2D eigenvalue weighted by atomic mass is 10.6. The summed E-state index contributed by atoms with van der Waals surface area (Å²) in [4.78, 5) is 5.27. The Kier molecular flexibility index (Phi) is 4.89. The molecule has 1 N–H and O–H groups in total. The fourth-order valence-electron chi connectivity index (χ4n) is 1.25. The van der Waals surface area contributed by atoms with Crippen LogP contribution in [0.5, 0.6) is 0 Å². The van der Waals surface area contributed by atoms with Gasteiger partial charge in [-0.15, -0.1) is 16.4 Å². The van der Waals surface area contributed by atoms with Crippen LogP contribution in [0.25, 0.3) is 0 Å². The van der Waals surface area contributed by atoms with Crippen molar-refractivity contribution >= 4 is 23.1 Å².